The molecule has 0 spiro atoms. The van der Waals surface area contributed by atoms with Gasteiger partial charge in [0.15, 0.2) is 5.82 Å². The number of methoxy groups -OCH3 is 1. The van der Waals surface area contributed by atoms with E-state index in [0.29, 0.717) is 85.6 Å². The smallest absolute Gasteiger partial charge is 0.329 e. The normalized spacial score (nSPS) is 16.2. The molecule has 0 saturated carbocycles. The van der Waals surface area contributed by atoms with Crippen molar-refractivity contribution in [2.24, 2.45) is 20.0 Å². The van der Waals surface area contributed by atoms with Crippen LogP contribution in [0.25, 0.3) is 33.1 Å². The second-order valence-corrected chi connectivity index (χ2v) is 20.8. The number of aryl methyl sites for hydroxylation is 2. The molecule has 0 unspecified atom stereocenters. The quantitative estimate of drug-likeness (QED) is 0.121. The van der Waals surface area contributed by atoms with Gasteiger partial charge in [-0.3, -0.25) is 43.5 Å². The number of benzene rings is 3. The molecule has 10 rings (SSSR count). The van der Waals surface area contributed by atoms with E-state index in [2.05, 4.69) is 71.7 Å². The number of hydrogen-bond donors (Lipinski definition) is 3. The number of carbonyl (C=O) groups excluding carboxylic acids is 2. The van der Waals surface area contributed by atoms with Crippen LogP contribution in [0, 0.1) is 11.7 Å². The van der Waals surface area contributed by atoms with Gasteiger partial charge in [-0.25, -0.2) is 22.6 Å². The maximum Gasteiger partial charge on any atom is 0.329 e. The molecule has 71 heavy (non-hydrogen) atoms. The number of sulfonamides is 1. The van der Waals surface area contributed by atoms with Crippen molar-refractivity contribution in [3.05, 3.63) is 77.7 Å². The van der Waals surface area contributed by atoms with E-state index in [1.165, 1.54) is 24.2 Å². The van der Waals surface area contributed by atoms with Crippen molar-refractivity contribution in [2.45, 2.75) is 19.3 Å². The lowest BCUT2D eigenvalue weighted by atomic mass is 9.94. The number of piperazine rings is 1. The molecule has 3 aliphatic heterocycles. The topological polar surface area (TPSA) is 217 Å². The molecule has 0 bridgehead atoms. The molecule has 0 aliphatic carbocycles. The zero-order valence-electron chi connectivity index (χ0n) is 39.7. The first-order chi connectivity index (χ1) is 34.1. The molecule has 24 heteroatoms. The molecule has 3 N–H and O–H groups in total. The van der Waals surface area contributed by atoms with Crippen molar-refractivity contribution in [1.82, 2.24) is 49.7 Å². The summed E-state index contributed by atoms with van der Waals surface area (Å²) >= 11 is 3.57. The predicted molar refractivity (Wildman–Crippen MR) is 274 cm³/mol. The molecule has 3 amide bonds. The first-order valence-electron chi connectivity index (χ1n) is 23.1. The zero-order chi connectivity index (χ0) is 49.7. The average Bonchev–Trinajstić information content (AvgIpc) is 3.93. The highest BCUT2D eigenvalue weighted by molar-refractivity contribution is 9.10. The number of urea groups is 1. The maximum absolute atomic E-state index is 15.8. The van der Waals surface area contributed by atoms with Gasteiger partial charge in [-0.2, -0.15) is 15.2 Å². The molecular formula is C47H52BrFN16O5S. The van der Waals surface area contributed by atoms with E-state index in [1.807, 2.05) is 37.6 Å². The Morgan fingerprint density at radius 3 is 2.39 bits per heavy atom. The number of anilines is 8. The number of rotatable bonds is 13. The van der Waals surface area contributed by atoms with Gasteiger partial charge in [0.2, 0.25) is 21.9 Å². The molecule has 3 saturated heterocycles. The van der Waals surface area contributed by atoms with Gasteiger partial charge in [0.25, 0.3) is 0 Å². The fourth-order valence-electron chi connectivity index (χ4n) is 9.61. The van der Waals surface area contributed by atoms with Gasteiger partial charge in [-0.15, -0.1) is 0 Å². The van der Waals surface area contributed by atoms with Gasteiger partial charge >= 0.3 is 6.03 Å². The third kappa shape index (κ3) is 9.57. The Labute approximate surface area is 417 Å². The van der Waals surface area contributed by atoms with Crippen molar-refractivity contribution in [2.75, 3.05) is 102 Å². The van der Waals surface area contributed by atoms with Crippen LogP contribution in [-0.2, 0) is 28.9 Å². The van der Waals surface area contributed by atoms with Crippen LogP contribution in [0.5, 0.6) is 5.75 Å². The second kappa shape index (κ2) is 19.2. The summed E-state index contributed by atoms with van der Waals surface area (Å²) in [5.74, 6) is 1.33. The molecule has 3 fully saturated rings. The zero-order valence-corrected chi connectivity index (χ0v) is 42.1. The van der Waals surface area contributed by atoms with Crippen LogP contribution in [0.4, 0.5) is 55.2 Å². The minimum Gasteiger partial charge on any atom is -0.494 e. The minimum absolute atomic E-state index is 0.154. The molecule has 3 aliphatic rings. The third-order valence-corrected chi connectivity index (χ3v) is 15.2. The lowest BCUT2D eigenvalue weighted by molar-refractivity contribution is -0.120. The van der Waals surface area contributed by atoms with Crippen LogP contribution in [0.3, 0.4) is 0 Å². The van der Waals surface area contributed by atoms with E-state index in [-0.39, 0.29) is 30.6 Å². The number of nitrogens with one attached hydrogen (secondary N) is 3. The van der Waals surface area contributed by atoms with Crippen LogP contribution in [0.1, 0.15) is 19.3 Å². The number of aromatic nitrogens is 8. The number of hydrogen-bond acceptors (Lipinski definition) is 16. The summed E-state index contributed by atoms with van der Waals surface area (Å²) < 4.78 is 52.6. The molecule has 0 radical (unpaired) electrons. The fourth-order valence-corrected chi connectivity index (χ4v) is 10.4. The number of carbonyl (C=O) groups is 2. The van der Waals surface area contributed by atoms with Gasteiger partial charge in [-0.05, 0) is 65.0 Å². The number of halogens is 2. The van der Waals surface area contributed by atoms with Gasteiger partial charge in [0.05, 0.1) is 52.1 Å². The van der Waals surface area contributed by atoms with Crippen LogP contribution in [0.15, 0.2) is 71.9 Å². The minimum atomic E-state index is -3.68. The largest absolute Gasteiger partial charge is 0.494 e. The van der Waals surface area contributed by atoms with E-state index in [0.717, 1.165) is 72.9 Å². The van der Waals surface area contributed by atoms with Gasteiger partial charge in [0.1, 0.15) is 28.6 Å². The summed E-state index contributed by atoms with van der Waals surface area (Å²) in [6.07, 6.45) is 11.8. The van der Waals surface area contributed by atoms with E-state index >= 15 is 4.39 Å². The first kappa shape index (κ1) is 47.5. The molecule has 0 atom stereocenters. The lowest BCUT2D eigenvalue weighted by Crippen LogP contribution is -2.49. The van der Waals surface area contributed by atoms with Crippen molar-refractivity contribution in [3.63, 3.8) is 0 Å². The monoisotopic (exact) mass is 1050 g/mol. The van der Waals surface area contributed by atoms with Crippen molar-refractivity contribution >= 4 is 106 Å². The molecular weight excluding hydrogens is 1000 g/mol. The van der Waals surface area contributed by atoms with Crippen LogP contribution < -0.4 is 39.7 Å². The van der Waals surface area contributed by atoms with Crippen LogP contribution in [0.2, 0.25) is 0 Å². The number of amides is 3. The Morgan fingerprint density at radius 1 is 0.915 bits per heavy atom. The molecule has 7 heterocycles. The molecule has 21 nitrogen and oxygen atoms in total. The summed E-state index contributed by atoms with van der Waals surface area (Å²) in [5, 5.41) is 18.5. The van der Waals surface area contributed by atoms with E-state index in [9.17, 15) is 18.0 Å². The standard InChI is InChI=1S/C47H52BrFN16O5S/c1-59-27-29(24-53-59)30-21-36(55-46-52-25-32(48)44(57-46)54-35-7-6-34-42(51-12-11-50-34)43(35)61(3)71(5,68)69)40(70-4)23-38(30)63-13-8-28(9-14-63)26-62-16-18-64(19-17-62)39-22-37-31(20-33(39)49)45(58-60(37)2)65-15-10-41(66)56-47(65)67/h6-7,11-12,20-25,27-28H,8-10,13-19,26H2,1-5H3,(H,56,66,67)(H2,52,54,55,57). The highest BCUT2D eigenvalue weighted by Crippen LogP contribution is 2.43. The van der Waals surface area contributed by atoms with E-state index in [1.54, 1.807) is 48.0 Å². The maximum atomic E-state index is 15.8. The predicted octanol–water partition coefficient (Wildman–Crippen LogP) is 5.99. The Balaban J connectivity index is 0.819. The van der Waals surface area contributed by atoms with Crippen molar-refractivity contribution < 1.29 is 27.1 Å². The molecule has 7 aromatic rings. The Bertz CT molecular complexity index is 3320. The summed E-state index contributed by atoms with van der Waals surface area (Å²) in [7, 11) is 3.07. The van der Waals surface area contributed by atoms with Gasteiger partial charge in [0, 0.05) is 133 Å². The third-order valence-electron chi connectivity index (χ3n) is 13.4. The number of imide groups is 1. The molecule has 3 aromatic carbocycles. The first-order valence-corrected chi connectivity index (χ1v) is 25.7. The Kier molecular flexibility index (Phi) is 12.8. The van der Waals surface area contributed by atoms with Crippen molar-refractivity contribution in [3.8, 4) is 16.9 Å². The van der Waals surface area contributed by atoms with Crippen LogP contribution >= 0.6 is 15.9 Å². The summed E-state index contributed by atoms with van der Waals surface area (Å²) in [6, 6.07) is 10.3. The van der Waals surface area contributed by atoms with E-state index < -0.39 is 16.1 Å². The summed E-state index contributed by atoms with van der Waals surface area (Å²) in [4.78, 5) is 50.9. The highest BCUT2D eigenvalue weighted by atomic mass is 79.9. The van der Waals surface area contributed by atoms with Crippen molar-refractivity contribution in [1.29, 1.82) is 0 Å². The van der Waals surface area contributed by atoms with Crippen LogP contribution in [-0.4, -0.2) is 138 Å². The summed E-state index contributed by atoms with van der Waals surface area (Å²) in [6.45, 7) is 5.75. The number of nitrogens with zero attached hydrogens (tertiary/aromatic N) is 13. The highest BCUT2D eigenvalue weighted by Gasteiger charge is 2.31. The Hall–Kier alpha value is -7.18. The fraction of sp³-hybridized carbons (Fsp3) is 0.362. The van der Waals surface area contributed by atoms with Gasteiger partial charge < -0.3 is 25.2 Å². The molecule has 4 aromatic heterocycles. The SMILES string of the molecule is COc1cc(N2CCC(CN3CCN(c4cc5c(cc4F)c(N4CCC(=O)NC4=O)nn5C)CC3)CC2)c(-c2cnn(C)c2)cc1Nc1ncc(Br)c(Nc2ccc3nccnc3c2N(C)S(C)(=O)=O)n1. The van der Waals surface area contributed by atoms with E-state index in [4.69, 9.17) is 9.72 Å². The Morgan fingerprint density at radius 2 is 1.68 bits per heavy atom. The number of fused-ring (bicyclic) bond motifs is 2. The lowest BCUT2D eigenvalue weighted by Gasteiger charge is -2.40. The van der Waals surface area contributed by atoms with Gasteiger partial charge in [-0.1, -0.05) is 0 Å². The number of ether oxygens (including phenoxy) is 1. The molecule has 370 valence electrons. The second-order valence-electron chi connectivity index (χ2n) is 18.0. The average molecular weight is 1050 g/mol. The summed E-state index contributed by atoms with van der Waals surface area (Å²) in [5.41, 5.74) is 6.45. The number of piperidine rings is 1.